The van der Waals surface area contributed by atoms with E-state index in [2.05, 4.69) is 0 Å². The highest BCUT2D eigenvalue weighted by Crippen LogP contribution is 2.02. The number of methoxy groups -OCH3 is 1. The van der Waals surface area contributed by atoms with Gasteiger partial charge in [0.25, 0.3) is 5.56 Å². The molecule has 0 bridgehead atoms. The van der Waals surface area contributed by atoms with E-state index in [1.54, 1.807) is 7.11 Å². The van der Waals surface area contributed by atoms with Gasteiger partial charge < -0.3 is 9.84 Å². The summed E-state index contributed by atoms with van der Waals surface area (Å²) in [6.45, 7) is 0.791. The maximum absolute atomic E-state index is 11.1. The van der Waals surface area contributed by atoms with Crippen molar-refractivity contribution < 1.29 is 9.84 Å². The van der Waals surface area contributed by atoms with Gasteiger partial charge in [-0.3, -0.25) is 9.36 Å². The summed E-state index contributed by atoms with van der Waals surface area (Å²) < 4.78 is 6.04. The second-order valence-corrected chi connectivity index (χ2v) is 2.37. The largest absolute Gasteiger partial charge is 0.494 e. The standard InChI is InChI=1S/C8H11NO3/c1-12-6-5-9-7(10)3-2-4-8(9)11/h2-4,10H,5-6H2,1H3. The van der Waals surface area contributed by atoms with E-state index in [4.69, 9.17) is 4.74 Å². The Balaban J connectivity index is 2.89. The molecule has 0 radical (unpaired) electrons. The molecule has 0 unspecified atom stereocenters. The molecule has 0 aliphatic carbocycles. The summed E-state index contributed by atoms with van der Waals surface area (Å²) in [6, 6.07) is 4.38. The molecule has 4 nitrogen and oxygen atoms in total. The monoisotopic (exact) mass is 169 g/mol. The van der Waals surface area contributed by atoms with Crippen molar-refractivity contribution in [3.8, 4) is 5.88 Å². The molecule has 1 heterocycles. The molecule has 1 aromatic heterocycles. The molecule has 4 heteroatoms. The Morgan fingerprint density at radius 2 is 2.33 bits per heavy atom. The Kier molecular flexibility index (Phi) is 2.88. The van der Waals surface area contributed by atoms with Gasteiger partial charge in [0.2, 0.25) is 0 Å². The van der Waals surface area contributed by atoms with Gasteiger partial charge in [0.15, 0.2) is 5.88 Å². The first-order valence-electron chi connectivity index (χ1n) is 3.63. The second-order valence-electron chi connectivity index (χ2n) is 2.37. The number of nitrogens with zero attached hydrogens (tertiary/aromatic N) is 1. The lowest BCUT2D eigenvalue weighted by Gasteiger charge is -2.05. The molecule has 0 aromatic carbocycles. The lowest BCUT2D eigenvalue weighted by molar-refractivity contribution is 0.182. The summed E-state index contributed by atoms with van der Waals surface area (Å²) in [5.74, 6) is -0.0282. The third-order valence-corrected chi connectivity index (χ3v) is 1.55. The molecule has 0 spiro atoms. The Labute approximate surface area is 70.0 Å². The van der Waals surface area contributed by atoms with Crippen molar-refractivity contribution >= 4 is 0 Å². The van der Waals surface area contributed by atoms with E-state index in [0.29, 0.717) is 13.2 Å². The summed E-state index contributed by atoms with van der Waals surface area (Å²) in [5, 5.41) is 9.23. The van der Waals surface area contributed by atoms with Crippen LogP contribution in [-0.2, 0) is 11.3 Å². The van der Waals surface area contributed by atoms with Crippen LogP contribution in [0.1, 0.15) is 0 Å². The van der Waals surface area contributed by atoms with Crippen LogP contribution in [0, 0.1) is 0 Å². The first kappa shape index (κ1) is 8.80. The number of aromatic hydroxyl groups is 1. The lowest BCUT2D eigenvalue weighted by atomic mass is 10.4. The molecular formula is C8H11NO3. The molecule has 0 atom stereocenters. The minimum atomic E-state index is -0.216. The minimum absolute atomic E-state index is 0.0282. The lowest BCUT2D eigenvalue weighted by Crippen LogP contribution is -2.20. The first-order valence-corrected chi connectivity index (χ1v) is 3.63. The van der Waals surface area contributed by atoms with E-state index in [9.17, 15) is 9.90 Å². The molecular weight excluding hydrogens is 158 g/mol. The van der Waals surface area contributed by atoms with Crippen LogP contribution < -0.4 is 5.56 Å². The van der Waals surface area contributed by atoms with Crippen LogP contribution in [0.4, 0.5) is 0 Å². The van der Waals surface area contributed by atoms with Crippen molar-refractivity contribution in [2.75, 3.05) is 13.7 Å². The van der Waals surface area contributed by atoms with E-state index in [1.165, 1.54) is 22.8 Å². The van der Waals surface area contributed by atoms with E-state index in [1.807, 2.05) is 0 Å². The highest BCUT2D eigenvalue weighted by atomic mass is 16.5. The molecule has 0 fully saturated rings. The fraction of sp³-hybridized carbons (Fsp3) is 0.375. The number of hydrogen-bond acceptors (Lipinski definition) is 3. The normalized spacial score (nSPS) is 10.1. The minimum Gasteiger partial charge on any atom is -0.494 e. The van der Waals surface area contributed by atoms with Crippen LogP contribution in [0.25, 0.3) is 0 Å². The second kappa shape index (κ2) is 3.92. The van der Waals surface area contributed by atoms with E-state index in [0.717, 1.165) is 0 Å². The quantitative estimate of drug-likeness (QED) is 0.703. The highest BCUT2D eigenvalue weighted by Gasteiger charge is 1.99. The van der Waals surface area contributed by atoms with Gasteiger partial charge in [-0.25, -0.2) is 0 Å². The summed E-state index contributed by atoms with van der Waals surface area (Å²) in [4.78, 5) is 11.1. The van der Waals surface area contributed by atoms with Gasteiger partial charge >= 0.3 is 0 Å². The third kappa shape index (κ3) is 1.85. The highest BCUT2D eigenvalue weighted by molar-refractivity contribution is 5.10. The SMILES string of the molecule is COCCn1c(O)cccc1=O. The van der Waals surface area contributed by atoms with Gasteiger partial charge in [-0.2, -0.15) is 0 Å². The van der Waals surface area contributed by atoms with Crippen molar-refractivity contribution in [2.45, 2.75) is 6.54 Å². The Bertz CT molecular complexity index is 305. The third-order valence-electron chi connectivity index (χ3n) is 1.55. The topological polar surface area (TPSA) is 51.5 Å². The molecule has 0 amide bonds. The van der Waals surface area contributed by atoms with Crippen LogP contribution in [-0.4, -0.2) is 23.4 Å². The summed E-state index contributed by atoms with van der Waals surface area (Å²) in [7, 11) is 1.55. The van der Waals surface area contributed by atoms with Crippen LogP contribution >= 0.6 is 0 Å². The smallest absolute Gasteiger partial charge is 0.253 e. The van der Waals surface area contributed by atoms with Crippen LogP contribution in [0.5, 0.6) is 5.88 Å². The van der Waals surface area contributed by atoms with Gasteiger partial charge in [0, 0.05) is 13.2 Å². The predicted molar refractivity (Wildman–Crippen MR) is 44.2 cm³/mol. The summed E-state index contributed by atoms with van der Waals surface area (Å²) in [5.41, 5.74) is -0.216. The number of pyridine rings is 1. The van der Waals surface area contributed by atoms with Crippen LogP contribution in [0.2, 0.25) is 0 Å². The number of rotatable bonds is 3. The predicted octanol–water partition coefficient (Wildman–Crippen LogP) is 0.200. The van der Waals surface area contributed by atoms with Gasteiger partial charge in [-0.05, 0) is 6.07 Å². The van der Waals surface area contributed by atoms with Crippen molar-refractivity contribution in [1.82, 2.24) is 4.57 Å². The number of ether oxygens (including phenoxy) is 1. The zero-order chi connectivity index (χ0) is 8.97. The molecule has 0 saturated heterocycles. The number of aromatic nitrogens is 1. The van der Waals surface area contributed by atoms with Crippen molar-refractivity contribution in [3.63, 3.8) is 0 Å². The first-order chi connectivity index (χ1) is 5.75. The zero-order valence-corrected chi connectivity index (χ0v) is 6.86. The Morgan fingerprint density at radius 3 is 2.92 bits per heavy atom. The van der Waals surface area contributed by atoms with Gasteiger partial charge in [0.05, 0.1) is 13.2 Å². The number of hydrogen-bond donors (Lipinski definition) is 1. The van der Waals surface area contributed by atoms with E-state index < -0.39 is 0 Å². The Morgan fingerprint density at radius 1 is 1.58 bits per heavy atom. The molecule has 0 saturated carbocycles. The molecule has 1 rings (SSSR count). The molecule has 66 valence electrons. The molecule has 12 heavy (non-hydrogen) atoms. The maximum Gasteiger partial charge on any atom is 0.253 e. The molecule has 1 aromatic rings. The molecule has 0 aliphatic rings. The summed E-state index contributed by atoms with van der Waals surface area (Å²) >= 11 is 0. The van der Waals surface area contributed by atoms with Crippen LogP contribution in [0.15, 0.2) is 23.0 Å². The van der Waals surface area contributed by atoms with Crippen molar-refractivity contribution in [2.24, 2.45) is 0 Å². The van der Waals surface area contributed by atoms with Crippen molar-refractivity contribution in [3.05, 3.63) is 28.6 Å². The maximum atomic E-state index is 11.1. The molecule has 0 aliphatic heterocycles. The fourth-order valence-corrected chi connectivity index (χ4v) is 0.917. The Hall–Kier alpha value is -1.29. The van der Waals surface area contributed by atoms with E-state index >= 15 is 0 Å². The van der Waals surface area contributed by atoms with Gasteiger partial charge in [-0.1, -0.05) is 6.07 Å². The van der Waals surface area contributed by atoms with Gasteiger partial charge in [0.1, 0.15) is 0 Å². The van der Waals surface area contributed by atoms with Crippen LogP contribution in [0.3, 0.4) is 0 Å². The van der Waals surface area contributed by atoms with E-state index in [-0.39, 0.29) is 11.4 Å². The average molecular weight is 169 g/mol. The molecule has 1 N–H and O–H groups in total. The zero-order valence-electron chi connectivity index (χ0n) is 6.86. The van der Waals surface area contributed by atoms with Crippen molar-refractivity contribution in [1.29, 1.82) is 0 Å². The fourth-order valence-electron chi connectivity index (χ4n) is 0.917. The summed E-state index contributed by atoms with van der Waals surface area (Å²) in [6.07, 6.45) is 0. The van der Waals surface area contributed by atoms with Gasteiger partial charge in [-0.15, -0.1) is 0 Å². The average Bonchev–Trinajstić information content (AvgIpc) is 2.04.